The lowest BCUT2D eigenvalue weighted by Crippen LogP contribution is -2.48. The second-order valence-electron chi connectivity index (χ2n) is 6.97. The number of nitrogens with zero attached hydrogens (tertiary/aromatic N) is 3. The van der Waals surface area contributed by atoms with Gasteiger partial charge in [-0.25, -0.2) is 0 Å². The van der Waals surface area contributed by atoms with E-state index in [1.165, 1.54) is 12.8 Å². The van der Waals surface area contributed by atoms with Crippen LogP contribution in [0.2, 0.25) is 0 Å². The Balaban J connectivity index is 1.60. The first-order chi connectivity index (χ1) is 12.1. The van der Waals surface area contributed by atoms with E-state index in [4.69, 9.17) is 0 Å². The highest BCUT2D eigenvalue weighted by Gasteiger charge is 2.36. The molecule has 0 N–H and O–H groups in total. The third kappa shape index (κ3) is 4.42. The largest absolute Gasteiger partial charge is 0.343 e. The Morgan fingerprint density at radius 3 is 2.48 bits per heavy atom. The van der Waals surface area contributed by atoms with E-state index < -0.39 is 0 Å². The molecule has 0 spiro atoms. The normalized spacial score (nSPS) is 20.9. The number of hydrogen-bond donors (Lipinski definition) is 0. The maximum absolute atomic E-state index is 12.9. The van der Waals surface area contributed by atoms with Gasteiger partial charge in [-0.1, -0.05) is 15.9 Å². The predicted molar refractivity (Wildman–Crippen MR) is 102 cm³/mol. The number of likely N-dealkylation sites (tertiary alicyclic amines) is 2. The molecule has 1 unspecified atom stereocenters. The minimum Gasteiger partial charge on any atom is -0.343 e. The summed E-state index contributed by atoms with van der Waals surface area (Å²) in [6.45, 7) is 4.59. The van der Waals surface area contributed by atoms with E-state index in [0.29, 0.717) is 12.1 Å². The van der Waals surface area contributed by atoms with E-state index in [2.05, 4.69) is 20.8 Å². The molecule has 2 aliphatic heterocycles. The fraction of sp³-hybridized carbons (Fsp3) is 0.579. The van der Waals surface area contributed by atoms with E-state index in [9.17, 15) is 9.59 Å². The van der Waals surface area contributed by atoms with Gasteiger partial charge in [-0.3, -0.25) is 9.59 Å². The molecule has 2 aliphatic rings. The monoisotopic (exact) mass is 407 g/mol. The van der Waals surface area contributed by atoms with Crippen LogP contribution in [-0.2, 0) is 4.79 Å². The summed E-state index contributed by atoms with van der Waals surface area (Å²) in [5.41, 5.74) is 0.641. The number of likely N-dealkylation sites (N-methyl/N-ethyl adjacent to an activating group) is 1. The third-order valence-electron chi connectivity index (χ3n) is 5.22. The van der Waals surface area contributed by atoms with Crippen LogP contribution in [0.4, 0.5) is 0 Å². The van der Waals surface area contributed by atoms with Crippen LogP contribution in [0.3, 0.4) is 0 Å². The van der Waals surface area contributed by atoms with Crippen molar-refractivity contribution < 1.29 is 9.59 Å². The molecular weight excluding hydrogens is 382 g/mol. The van der Waals surface area contributed by atoms with Gasteiger partial charge in [-0.05, 0) is 63.0 Å². The maximum Gasteiger partial charge on any atom is 0.254 e. The lowest BCUT2D eigenvalue weighted by Gasteiger charge is -2.29. The number of hydrogen-bond acceptors (Lipinski definition) is 3. The zero-order valence-electron chi connectivity index (χ0n) is 14.8. The van der Waals surface area contributed by atoms with Gasteiger partial charge in [0.05, 0.1) is 0 Å². The molecule has 0 radical (unpaired) electrons. The Labute approximate surface area is 158 Å². The van der Waals surface area contributed by atoms with Crippen molar-refractivity contribution in [2.75, 3.05) is 39.8 Å². The molecule has 0 saturated carbocycles. The molecule has 2 fully saturated rings. The molecule has 0 aromatic heterocycles. The highest BCUT2D eigenvalue weighted by molar-refractivity contribution is 9.10. The summed E-state index contributed by atoms with van der Waals surface area (Å²) >= 11 is 3.39. The Bertz CT molecular complexity index is 614. The van der Waals surface area contributed by atoms with Crippen molar-refractivity contribution in [3.63, 3.8) is 0 Å². The van der Waals surface area contributed by atoms with E-state index in [0.717, 1.165) is 43.5 Å². The summed E-state index contributed by atoms with van der Waals surface area (Å²) in [4.78, 5) is 31.6. The standard InChI is InChI=1S/C19H26BrN3O2/c1-21(13-14-22-10-2-3-11-22)19(25)17-5-4-12-23(17)18(24)15-6-8-16(20)9-7-15/h6-9,17H,2-5,10-14H2,1H3. The topological polar surface area (TPSA) is 43.9 Å². The van der Waals surface area contributed by atoms with Crippen molar-refractivity contribution in [1.29, 1.82) is 0 Å². The molecule has 6 heteroatoms. The molecule has 1 aromatic rings. The lowest BCUT2D eigenvalue weighted by atomic mass is 10.1. The molecule has 0 bridgehead atoms. The highest BCUT2D eigenvalue weighted by atomic mass is 79.9. The maximum atomic E-state index is 12.9. The van der Waals surface area contributed by atoms with Crippen LogP contribution < -0.4 is 0 Å². The number of carbonyl (C=O) groups excluding carboxylic acids is 2. The number of amides is 2. The molecule has 2 amide bonds. The van der Waals surface area contributed by atoms with Gasteiger partial charge in [-0.15, -0.1) is 0 Å². The number of halogens is 1. The van der Waals surface area contributed by atoms with Crippen LogP contribution >= 0.6 is 15.9 Å². The quantitative estimate of drug-likeness (QED) is 0.753. The molecule has 136 valence electrons. The summed E-state index contributed by atoms with van der Waals surface area (Å²) < 4.78 is 0.944. The molecule has 1 aromatic carbocycles. The van der Waals surface area contributed by atoms with E-state index in [1.807, 2.05) is 31.3 Å². The average molecular weight is 408 g/mol. The molecule has 1 atom stereocenters. The summed E-state index contributed by atoms with van der Waals surface area (Å²) in [7, 11) is 1.86. The Hall–Kier alpha value is -1.40. The summed E-state index contributed by atoms with van der Waals surface area (Å²) in [5.74, 6) is 0.0263. The molecule has 0 aliphatic carbocycles. The molecule has 2 heterocycles. The van der Waals surface area contributed by atoms with Gasteiger partial charge in [0.2, 0.25) is 5.91 Å². The van der Waals surface area contributed by atoms with Gasteiger partial charge >= 0.3 is 0 Å². The fourth-order valence-corrected chi connectivity index (χ4v) is 3.95. The van der Waals surface area contributed by atoms with Crippen molar-refractivity contribution in [3.8, 4) is 0 Å². The van der Waals surface area contributed by atoms with Gasteiger partial charge in [0.1, 0.15) is 6.04 Å². The predicted octanol–water partition coefficient (Wildman–Crippen LogP) is 2.61. The fourth-order valence-electron chi connectivity index (χ4n) is 3.69. The van der Waals surface area contributed by atoms with Crippen molar-refractivity contribution in [2.45, 2.75) is 31.7 Å². The molecular formula is C19H26BrN3O2. The van der Waals surface area contributed by atoms with Gasteiger partial charge in [0.15, 0.2) is 0 Å². The van der Waals surface area contributed by atoms with E-state index in [1.54, 1.807) is 9.80 Å². The third-order valence-corrected chi connectivity index (χ3v) is 5.75. The minimum atomic E-state index is -0.320. The summed E-state index contributed by atoms with van der Waals surface area (Å²) in [6, 6.07) is 7.02. The Morgan fingerprint density at radius 1 is 1.12 bits per heavy atom. The van der Waals surface area contributed by atoms with Crippen LogP contribution in [0.5, 0.6) is 0 Å². The average Bonchev–Trinajstić information content (AvgIpc) is 3.30. The highest BCUT2D eigenvalue weighted by Crippen LogP contribution is 2.22. The molecule has 5 nitrogen and oxygen atoms in total. The van der Waals surface area contributed by atoms with E-state index in [-0.39, 0.29) is 17.9 Å². The number of rotatable bonds is 5. The van der Waals surface area contributed by atoms with Crippen LogP contribution in [0.15, 0.2) is 28.7 Å². The van der Waals surface area contributed by atoms with Crippen LogP contribution in [0.1, 0.15) is 36.0 Å². The first-order valence-electron chi connectivity index (χ1n) is 9.10. The lowest BCUT2D eigenvalue weighted by molar-refractivity contribution is -0.134. The summed E-state index contributed by atoms with van der Waals surface area (Å²) in [6.07, 6.45) is 4.17. The second kappa shape index (κ2) is 8.32. The second-order valence-corrected chi connectivity index (χ2v) is 7.89. The van der Waals surface area contributed by atoms with Crippen LogP contribution in [0.25, 0.3) is 0 Å². The van der Waals surface area contributed by atoms with Crippen molar-refractivity contribution in [2.24, 2.45) is 0 Å². The van der Waals surface area contributed by atoms with Gasteiger partial charge < -0.3 is 14.7 Å². The van der Waals surface area contributed by atoms with Gasteiger partial charge in [0.25, 0.3) is 5.91 Å². The molecule has 3 rings (SSSR count). The smallest absolute Gasteiger partial charge is 0.254 e. The van der Waals surface area contributed by atoms with Gasteiger partial charge in [0, 0.05) is 36.7 Å². The SMILES string of the molecule is CN(CCN1CCCC1)C(=O)C1CCCN1C(=O)c1ccc(Br)cc1. The number of benzene rings is 1. The first kappa shape index (κ1) is 18.4. The van der Waals surface area contributed by atoms with E-state index >= 15 is 0 Å². The Morgan fingerprint density at radius 2 is 1.80 bits per heavy atom. The van der Waals surface area contributed by atoms with Crippen LogP contribution in [-0.4, -0.2) is 72.3 Å². The Kier molecular flexibility index (Phi) is 6.12. The van der Waals surface area contributed by atoms with Crippen LogP contribution in [0, 0.1) is 0 Å². The zero-order valence-corrected chi connectivity index (χ0v) is 16.4. The van der Waals surface area contributed by atoms with Crippen molar-refractivity contribution in [1.82, 2.24) is 14.7 Å². The van der Waals surface area contributed by atoms with Gasteiger partial charge in [-0.2, -0.15) is 0 Å². The zero-order chi connectivity index (χ0) is 17.8. The van der Waals surface area contributed by atoms with Crippen molar-refractivity contribution in [3.05, 3.63) is 34.3 Å². The van der Waals surface area contributed by atoms with Crippen molar-refractivity contribution >= 4 is 27.7 Å². The summed E-state index contributed by atoms with van der Waals surface area (Å²) in [5, 5.41) is 0. The first-order valence-corrected chi connectivity index (χ1v) is 9.89. The minimum absolute atomic E-state index is 0.0451. The molecule has 25 heavy (non-hydrogen) atoms. The molecule has 2 saturated heterocycles. The number of carbonyl (C=O) groups is 2.